The predicted molar refractivity (Wildman–Crippen MR) is 64.3 cm³/mol. The van der Waals surface area contributed by atoms with Crippen molar-refractivity contribution in [2.24, 2.45) is 5.92 Å². The van der Waals surface area contributed by atoms with E-state index in [1.807, 2.05) is 11.9 Å². The molecule has 0 aromatic heterocycles. The lowest BCUT2D eigenvalue weighted by Gasteiger charge is -2.16. The molecule has 0 amide bonds. The van der Waals surface area contributed by atoms with Crippen molar-refractivity contribution in [2.75, 3.05) is 18.5 Å². The Hall–Kier alpha value is -1.31. The van der Waals surface area contributed by atoms with Crippen molar-refractivity contribution in [2.45, 2.75) is 20.3 Å². The highest BCUT2D eigenvalue weighted by atomic mass is 16.1. The highest BCUT2D eigenvalue weighted by Crippen LogP contribution is 2.15. The second kappa shape index (κ2) is 5.54. The standard InChI is InChI=1S/C13H19NO/c1-11(2)10-12-4-6-13(7-5-12)14(3)8-9-15/h4-7,9,11H,8,10H2,1-3H3. The summed E-state index contributed by atoms with van der Waals surface area (Å²) < 4.78 is 0. The van der Waals surface area contributed by atoms with E-state index in [1.54, 1.807) is 0 Å². The summed E-state index contributed by atoms with van der Waals surface area (Å²) in [5.74, 6) is 0.684. The van der Waals surface area contributed by atoms with Gasteiger partial charge in [-0.15, -0.1) is 0 Å². The van der Waals surface area contributed by atoms with Crippen molar-refractivity contribution in [1.82, 2.24) is 0 Å². The Morgan fingerprint density at radius 2 is 1.87 bits per heavy atom. The summed E-state index contributed by atoms with van der Waals surface area (Å²) in [4.78, 5) is 12.3. The highest BCUT2D eigenvalue weighted by Gasteiger charge is 2.01. The van der Waals surface area contributed by atoms with Gasteiger partial charge in [-0.1, -0.05) is 26.0 Å². The number of rotatable bonds is 5. The molecule has 1 rings (SSSR count). The molecule has 0 saturated carbocycles. The van der Waals surface area contributed by atoms with Gasteiger partial charge in [0.05, 0.1) is 6.54 Å². The van der Waals surface area contributed by atoms with Crippen LogP contribution in [0.2, 0.25) is 0 Å². The maximum atomic E-state index is 10.4. The molecule has 2 heteroatoms. The van der Waals surface area contributed by atoms with Gasteiger partial charge in [0.25, 0.3) is 0 Å². The van der Waals surface area contributed by atoms with Crippen molar-refractivity contribution in [3.05, 3.63) is 29.8 Å². The zero-order valence-electron chi connectivity index (χ0n) is 9.73. The van der Waals surface area contributed by atoms with Gasteiger partial charge in [-0.25, -0.2) is 0 Å². The third-order valence-corrected chi connectivity index (χ3v) is 2.37. The van der Waals surface area contributed by atoms with Crippen LogP contribution in [0.5, 0.6) is 0 Å². The average molecular weight is 205 g/mol. The molecule has 0 fully saturated rings. The van der Waals surface area contributed by atoms with Gasteiger partial charge in [-0.05, 0) is 30.0 Å². The topological polar surface area (TPSA) is 20.3 Å². The SMILES string of the molecule is CC(C)Cc1ccc(N(C)CC=O)cc1. The number of aldehydes is 1. The monoisotopic (exact) mass is 205 g/mol. The van der Waals surface area contributed by atoms with Gasteiger partial charge in [0.1, 0.15) is 6.29 Å². The van der Waals surface area contributed by atoms with Crippen LogP contribution in [0.15, 0.2) is 24.3 Å². The van der Waals surface area contributed by atoms with Gasteiger partial charge in [0, 0.05) is 12.7 Å². The van der Waals surface area contributed by atoms with Gasteiger partial charge < -0.3 is 9.69 Å². The maximum Gasteiger partial charge on any atom is 0.139 e. The number of carbonyl (C=O) groups excluding carboxylic acids is 1. The van der Waals surface area contributed by atoms with E-state index in [1.165, 1.54) is 5.56 Å². The van der Waals surface area contributed by atoms with Crippen LogP contribution >= 0.6 is 0 Å². The molecular formula is C13H19NO. The normalized spacial score (nSPS) is 10.4. The Morgan fingerprint density at radius 3 is 2.33 bits per heavy atom. The fourth-order valence-electron chi connectivity index (χ4n) is 1.58. The van der Waals surface area contributed by atoms with E-state index in [-0.39, 0.29) is 0 Å². The predicted octanol–water partition coefficient (Wildman–Crippen LogP) is 2.52. The average Bonchev–Trinajstić information content (AvgIpc) is 2.18. The molecule has 82 valence electrons. The Balaban J connectivity index is 2.67. The molecule has 0 spiro atoms. The van der Waals surface area contributed by atoms with Crippen LogP contribution in [0.3, 0.4) is 0 Å². The smallest absolute Gasteiger partial charge is 0.139 e. The quantitative estimate of drug-likeness (QED) is 0.688. The maximum absolute atomic E-state index is 10.4. The molecule has 0 aliphatic heterocycles. The third kappa shape index (κ3) is 3.74. The summed E-state index contributed by atoms with van der Waals surface area (Å²) in [6.45, 7) is 4.88. The van der Waals surface area contributed by atoms with Crippen molar-refractivity contribution in [3.8, 4) is 0 Å². The molecule has 0 radical (unpaired) electrons. The fraction of sp³-hybridized carbons (Fsp3) is 0.462. The summed E-state index contributed by atoms with van der Waals surface area (Å²) >= 11 is 0. The molecule has 0 saturated heterocycles. The van der Waals surface area contributed by atoms with E-state index in [0.717, 1.165) is 18.4 Å². The first-order chi connectivity index (χ1) is 7.13. The number of nitrogens with zero attached hydrogens (tertiary/aromatic N) is 1. The lowest BCUT2D eigenvalue weighted by atomic mass is 10.0. The van der Waals surface area contributed by atoms with Crippen LogP contribution < -0.4 is 4.90 Å². The molecule has 0 N–H and O–H groups in total. The number of hydrogen-bond acceptors (Lipinski definition) is 2. The van der Waals surface area contributed by atoms with Crippen LogP contribution in [0.4, 0.5) is 5.69 Å². The summed E-state index contributed by atoms with van der Waals surface area (Å²) in [6, 6.07) is 8.41. The number of anilines is 1. The van der Waals surface area contributed by atoms with Crippen molar-refractivity contribution < 1.29 is 4.79 Å². The number of hydrogen-bond donors (Lipinski definition) is 0. The Bertz CT molecular complexity index is 303. The molecule has 0 aliphatic rings. The van der Waals surface area contributed by atoms with E-state index in [2.05, 4.69) is 38.1 Å². The molecule has 0 unspecified atom stereocenters. The minimum atomic E-state index is 0.448. The zero-order chi connectivity index (χ0) is 11.3. The lowest BCUT2D eigenvalue weighted by molar-refractivity contribution is -0.106. The van der Waals surface area contributed by atoms with E-state index < -0.39 is 0 Å². The molecule has 1 aromatic carbocycles. The largest absolute Gasteiger partial charge is 0.368 e. The van der Waals surface area contributed by atoms with Gasteiger partial charge in [0.15, 0.2) is 0 Å². The first kappa shape index (κ1) is 11.8. The Kier molecular flexibility index (Phi) is 4.35. The minimum Gasteiger partial charge on any atom is -0.368 e. The summed E-state index contributed by atoms with van der Waals surface area (Å²) in [7, 11) is 1.92. The summed E-state index contributed by atoms with van der Waals surface area (Å²) in [5.41, 5.74) is 2.45. The van der Waals surface area contributed by atoms with Crippen LogP contribution in [0.25, 0.3) is 0 Å². The van der Waals surface area contributed by atoms with Gasteiger partial charge in [0.2, 0.25) is 0 Å². The molecule has 0 bridgehead atoms. The zero-order valence-corrected chi connectivity index (χ0v) is 9.73. The van der Waals surface area contributed by atoms with Gasteiger partial charge in [-0.3, -0.25) is 0 Å². The molecule has 15 heavy (non-hydrogen) atoms. The summed E-state index contributed by atoms with van der Waals surface area (Å²) in [5, 5.41) is 0. The van der Waals surface area contributed by atoms with Crippen LogP contribution in [0.1, 0.15) is 19.4 Å². The second-order valence-corrected chi connectivity index (χ2v) is 4.31. The van der Waals surface area contributed by atoms with E-state index in [9.17, 15) is 4.79 Å². The Labute approximate surface area is 91.9 Å². The first-order valence-electron chi connectivity index (χ1n) is 5.37. The molecule has 2 nitrogen and oxygen atoms in total. The highest BCUT2D eigenvalue weighted by molar-refractivity contribution is 5.60. The van der Waals surface area contributed by atoms with Crippen LogP contribution in [-0.4, -0.2) is 19.9 Å². The Morgan fingerprint density at radius 1 is 1.27 bits per heavy atom. The van der Waals surface area contributed by atoms with Crippen molar-refractivity contribution in [1.29, 1.82) is 0 Å². The minimum absolute atomic E-state index is 0.448. The van der Waals surface area contributed by atoms with E-state index in [0.29, 0.717) is 12.5 Å². The van der Waals surface area contributed by atoms with Gasteiger partial charge in [-0.2, -0.15) is 0 Å². The molecular weight excluding hydrogens is 186 g/mol. The summed E-state index contributed by atoms with van der Waals surface area (Å²) in [6.07, 6.45) is 2.03. The fourth-order valence-corrected chi connectivity index (χ4v) is 1.58. The third-order valence-electron chi connectivity index (χ3n) is 2.37. The molecule has 0 atom stereocenters. The second-order valence-electron chi connectivity index (χ2n) is 4.31. The lowest BCUT2D eigenvalue weighted by Crippen LogP contribution is -2.19. The first-order valence-corrected chi connectivity index (χ1v) is 5.37. The number of carbonyl (C=O) groups is 1. The van der Waals surface area contributed by atoms with Crippen molar-refractivity contribution in [3.63, 3.8) is 0 Å². The molecule has 0 aliphatic carbocycles. The molecule has 1 aromatic rings. The van der Waals surface area contributed by atoms with Gasteiger partial charge >= 0.3 is 0 Å². The molecule has 0 heterocycles. The van der Waals surface area contributed by atoms with Crippen LogP contribution in [0, 0.1) is 5.92 Å². The van der Waals surface area contributed by atoms with Crippen molar-refractivity contribution >= 4 is 12.0 Å². The van der Waals surface area contributed by atoms with Crippen LogP contribution in [-0.2, 0) is 11.2 Å². The number of likely N-dealkylation sites (N-methyl/N-ethyl adjacent to an activating group) is 1. The van der Waals surface area contributed by atoms with E-state index >= 15 is 0 Å². The number of benzene rings is 1. The van der Waals surface area contributed by atoms with E-state index in [4.69, 9.17) is 0 Å².